The van der Waals surface area contributed by atoms with Crippen molar-refractivity contribution in [2.24, 2.45) is 0 Å². The van der Waals surface area contributed by atoms with E-state index in [9.17, 15) is 0 Å². The van der Waals surface area contributed by atoms with Gasteiger partial charge in [0.1, 0.15) is 56.8 Å². The molecule has 0 radical (unpaired) electrons. The Morgan fingerprint density at radius 2 is 0.444 bits per heavy atom. The van der Waals surface area contributed by atoms with E-state index in [1.54, 1.807) is 0 Å². The molecule has 4 rings (SSSR count). The van der Waals surface area contributed by atoms with Crippen LogP contribution in [0.15, 0.2) is 56.2 Å². The Morgan fingerprint density at radius 3 is 0.633 bits per heavy atom. The minimum Gasteiger partial charge on any atom is -0.374 e. The summed E-state index contributed by atoms with van der Waals surface area (Å²) >= 11 is 0. The zero-order chi connectivity index (χ0) is 65.0. The molecule has 0 amide bonds. The van der Waals surface area contributed by atoms with Crippen LogP contribution in [-0.2, 0) is 79.1 Å². The minimum absolute atomic E-state index is 0.654. The second kappa shape index (κ2) is 47.9. The first-order valence-electron chi connectivity index (χ1n) is 36.9. The topological polar surface area (TPSA) is 110 Å². The summed E-state index contributed by atoms with van der Waals surface area (Å²) in [7, 11) is -7.55. The number of rotatable bonds is 60. The Balaban J connectivity index is 1.29. The van der Waals surface area contributed by atoms with Crippen molar-refractivity contribution in [3.8, 4) is 0 Å². The number of nitrogens with zero attached hydrogens (tertiary/aromatic N) is 6. The van der Waals surface area contributed by atoms with Gasteiger partial charge in [-0.05, 0) is 158 Å². The molecule has 0 aliphatic rings. The quantitative estimate of drug-likeness (QED) is 0.0242. The summed E-state index contributed by atoms with van der Waals surface area (Å²) in [5.74, 6) is 0. The smallest absolute Gasteiger partial charge is 0.374 e. The maximum atomic E-state index is 6.07. The Hall–Kier alpha value is -2.86. The van der Waals surface area contributed by atoms with E-state index >= 15 is 0 Å². The fourth-order valence-electron chi connectivity index (χ4n) is 13.3. The zero-order valence-electron chi connectivity index (χ0n) is 59.9. The van der Waals surface area contributed by atoms with Gasteiger partial charge in [0.15, 0.2) is 0 Å². The van der Waals surface area contributed by atoms with Crippen molar-refractivity contribution < 1.29 is 53.5 Å². The molecule has 516 valence electrons. The zero-order valence-corrected chi connectivity index (χ0v) is 62.9. The maximum absolute atomic E-state index is 6.07. The normalized spacial score (nSPS) is 12.4. The van der Waals surface area contributed by atoms with Crippen LogP contribution >= 0.6 is 0 Å². The van der Waals surface area contributed by atoms with E-state index in [-0.39, 0.29) is 0 Å². The molecule has 4 aromatic rings. The van der Waals surface area contributed by atoms with E-state index in [0.29, 0.717) is 59.5 Å². The van der Waals surface area contributed by atoms with Crippen molar-refractivity contribution in [1.29, 1.82) is 0 Å². The van der Waals surface area contributed by atoms with E-state index in [4.69, 9.17) is 39.8 Å². The summed E-state index contributed by atoms with van der Waals surface area (Å²) in [6, 6.07) is 2.79. The molecule has 0 fully saturated rings. The first kappa shape index (κ1) is 79.6. The molecule has 0 bridgehead atoms. The van der Waals surface area contributed by atoms with E-state index in [1.165, 1.54) is 187 Å². The minimum atomic E-state index is -2.52. The maximum Gasteiger partial charge on any atom is 0.500 e. The third-order valence-corrected chi connectivity index (χ3v) is 27.4. The lowest BCUT2D eigenvalue weighted by Gasteiger charge is -2.28. The molecule has 0 N–H and O–H groups in total. The number of benzene rings is 1. The predicted molar refractivity (Wildman–Crippen MR) is 373 cm³/mol. The lowest BCUT2D eigenvalue weighted by atomic mass is 9.87. The largest absolute Gasteiger partial charge is 0.500 e. The van der Waals surface area contributed by atoms with Gasteiger partial charge >= 0.3 is 26.4 Å². The molecule has 0 unspecified atom stereocenters. The van der Waals surface area contributed by atoms with Gasteiger partial charge in [0, 0.05) is 94.3 Å². The van der Waals surface area contributed by atoms with Crippen LogP contribution in [0.1, 0.15) is 269 Å². The number of unbranched alkanes of at least 4 members (excludes halogenated alkanes) is 24. The van der Waals surface area contributed by atoms with Crippen molar-refractivity contribution in [2.45, 2.75) is 314 Å². The molecule has 1 aromatic carbocycles. The van der Waals surface area contributed by atoms with Crippen molar-refractivity contribution in [3.05, 3.63) is 89.5 Å². The number of aryl methyl sites for hydroxylation is 3. The van der Waals surface area contributed by atoms with Crippen LogP contribution in [0, 0.1) is 20.8 Å². The van der Waals surface area contributed by atoms with Gasteiger partial charge in [-0.2, -0.15) is 0 Å². The molecular weight excluding hydrogens is 1180 g/mol. The van der Waals surface area contributed by atoms with Crippen LogP contribution in [0.2, 0.25) is 18.1 Å². The molecule has 0 atom stereocenters. The van der Waals surface area contributed by atoms with Gasteiger partial charge in [0.25, 0.3) is 0 Å². The molecule has 15 nitrogen and oxygen atoms in total. The summed E-state index contributed by atoms with van der Waals surface area (Å²) in [6.07, 6.45) is 54.9. The number of hydrogen-bond donors (Lipinski definition) is 0. The molecule has 18 heteroatoms. The van der Waals surface area contributed by atoms with Gasteiger partial charge < -0.3 is 39.8 Å². The highest BCUT2D eigenvalue weighted by atomic mass is 28.4. The number of hydrogen-bond acceptors (Lipinski definition) is 9. The Labute approximate surface area is 553 Å². The molecule has 3 heterocycles. The molecular formula is C72H135N6O9Si3+3. The van der Waals surface area contributed by atoms with Crippen LogP contribution in [0.5, 0.6) is 0 Å². The molecule has 0 saturated carbocycles. The molecule has 3 aromatic heterocycles. The number of imidazole rings is 3. The third kappa shape index (κ3) is 30.3. The average molecular weight is 1310 g/mol. The lowest BCUT2D eigenvalue weighted by molar-refractivity contribution is -0.690. The summed E-state index contributed by atoms with van der Waals surface area (Å²) in [5, 5.41) is 0. The fourth-order valence-corrected chi connectivity index (χ4v) is 21.3. The van der Waals surface area contributed by atoms with E-state index in [0.717, 1.165) is 76.7 Å². The van der Waals surface area contributed by atoms with Crippen molar-refractivity contribution >= 4 is 26.4 Å². The molecule has 0 saturated heterocycles. The van der Waals surface area contributed by atoms with Gasteiger partial charge in [-0.15, -0.1) is 0 Å². The molecule has 0 aliphatic carbocycles. The Bertz CT molecular complexity index is 2090. The first-order chi connectivity index (χ1) is 43.9. The summed E-state index contributed by atoms with van der Waals surface area (Å²) < 4.78 is 69.1. The first-order valence-corrected chi connectivity index (χ1v) is 42.7. The molecule has 0 aliphatic heterocycles. The van der Waals surface area contributed by atoms with E-state index in [1.807, 2.05) is 62.3 Å². The highest BCUT2D eigenvalue weighted by Gasteiger charge is 2.41. The van der Waals surface area contributed by atoms with Crippen molar-refractivity contribution in [1.82, 2.24) is 13.7 Å². The van der Waals surface area contributed by atoms with E-state index < -0.39 is 26.4 Å². The highest BCUT2D eigenvalue weighted by Crippen LogP contribution is 2.29. The van der Waals surface area contributed by atoms with Crippen LogP contribution < -0.4 is 13.7 Å². The average Bonchev–Trinajstić information content (AvgIpc) is 1.21. The van der Waals surface area contributed by atoms with Gasteiger partial charge in [0.2, 0.25) is 19.0 Å². The van der Waals surface area contributed by atoms with E-state index in [2.05, 4.69) is 104 Å². The van der Waals surface area contributed by atoms with Crippen LogP contribution in [0.25, 0.3) is 0 Å². The van der Waals surface area contributed by atoms with Gasteiger partial charge in [-0.25, -0.2) is 27.4 Å². The summed E-state index contributed by atoms with van der Waals surface area (Å²) in [4.78, 5) is 0. The van der Waals surface area contributed by atoms with Crippen LogP contribution in [0.3, 0.4) is 0 Å². The summed E-state index contributed by atoms with van der Waals surface area (Å²) in [5.41, 5.74) is 8.64. The standard InChI is InChI=1S/C72H135N6O9Si3/c1-13-79-88(80-14-2,81-15-3)58-46-40-34-28-22-25-31-37-43-49-73-52-55-76(64-73)61-70-67(10)71(62-77-56-53-74(65-77)50-44-38-32-26-23-29-35-41-47-59-89(82-16-4,83-17-5)84-18-6)69(12)72(68(70)11)63-78-57-54-75(66-78)51-45-39-33-27-24-30-36-42-48-60-90(85-19-7,86-20-8)87-21-9/h52-57,64-66H,13-51,58-63H2,1-12H3/q+3. The third-order valence-electron chi connectivity index (χ3n) is 18.0. The van der Waals surface area contributed by atoms with Gasteiger partial charge in [-0.3, -0.25) is 0 Å². The monoisotopic (exact) mass is 1310 g/mol. The Kier molecular flexibility index (Phi) is 42.4. The number of aromatic nitrogens is 6. The highest BCUT2D eigenvalue weighted by molar-refractivity contribution is 6.61. The van der Waals surface area contributed by atoms with Gasteiger partial charge in [0.05, 0.1) is 19.6 Å². The summed E-state index contributed by atoms with van der Waals surface area (Å²) in [6.45, 7) is 37.2. The molecule has 0 spiro atoms. The second-order valence-electron chi connectivity index (χ2n) is 25.0. The predicted octanol–water partition coefficient (Wildman–Crippen LogP) is 16.7. The Morgan fingerprint density at radius 1 is 0.267 bits per heavy atom. The van der Waals surface area contributed by atoms with Crippen LogP contribution in [-0.4, -0.2) is 99.6 Å². The van der Waals surface area contributed by atoms with Gasteiger partial charge in [-0.1, -0.05) is 116 Å². The SMILES string of the molecule is CCO[Si](CCCCCCCCCCCn1cc[n+](Cc2c(C)c(C[n+]3ccn(CCCCCCCCCCC[Si](OCC)(OCC)OCC)c3)c(C)c(C[n+]3ccn(CCCCCCCCCCC[Si](OCC)(OCC)OCC)c3)c2C)c1)(OCC)OCC. The second-order valence-corrected chi connectivity index (χ2v) is 33.2. The lowest BCUT2D eigenvalue weighted by Crippen LogP contribution is -2.45. The van der Waals surface area contributed by atoms with Crippen molar-refractivity contribution in [2.75, 3.05) is 59.5 Å². The molecule has 90 heavy (non-hydrogen) atoms. The fraction of sp³-hybridized carbons (Fsp3) is 0.792. The van der Waals surface area contributed by atoms with Crippen molar-refractivity contribution in [3.63, 3.8) is 0 Å². The van der Waals surface area contributed by atoms with Crippen LogP contribution in [0.4, 0.5) is 0 Å².